The smallest absolute Gasteiger partial charge is 0.258 e. The van der Waals surface area contributed by atoms with Crippen LogP contribution in [0, 0.1) is 0 Å². The van der Waals surface area contributed by atoms with Crippen molar-refractivity contribution in [2.24, 2.45) is 0 Å². The quantitative estimate of drug-likeness (QED) is 0.725. The van der Waals surface area contributed by atoms with Gasteiger partial charge in [-0.05, 0) is 37.1 Å². The first-order chi connectivity index (χ1) is 13.2. The number of hydrogen-bond donors (Lipinski definition) is 1. The Morgan fingerprint density at radius 2 is 2.04 bits per heavy atom. The number of nitrogens with zero attached hydrogens (tertiary/aromatic N) is 2. The van der Waals surface area contributed by atoms with Crippen molar-refractivity contribution in [1.82, 2.24) is 9.88 Å². The van der Waals surface area contributed by atoms with Gasteiger partial charge in [0.2, 0.25) is 0 Å². The zero-order valence-electron chi connectivity index (χ0n) is 14.9. The van der Waals surface area contributed by atoms with Crippen molar-refractivity contribution in [2.45, 2.75) is 25.0 Å². The number of nitrogens with one attached hydrogen (secondary N) is 1. The van der Waals surface area contributed by atoms with Gasteiger partial charge >= 0.3 is 0 Å². The second-order valence-corrected chi connectivity index (χ2v) is 7.70. The third-order valence-electron chi connectivity index (χ3n) is 5.02. The van der Waals surface area contributed by atoms with Crippen LogP contribution in [-0.2, 0) is 0 Å². The maximum Gasteiger partial charge on any atom is 0.258 e. The Labute approximate surface area is 161 Å². The highest BCUT2D eigenvalue weighted by Crippen LogP contribution is 2.41. The van der Waals surface area contributed by atoms with E-state index in [9.17, 15) is 4.79 Å². The van der Waals surface area contributed by atoms with Crippen LogP contribution in [0.4, 0.5) is 5.69 Å². The Morgan fingerprint density at radius 1 is 1.19 bits per heavy atom. The van der Waals surface area contributed by atoms with Gasteiger partial charge in [-0.3, -0.25) is 4.79 Å². The van der Waals surface area contributed by atoms with Crippen molar-refractivity contribution in [3.05, 3.63) is 65.2 Å². The molecule has 0 unspecified atom stereocenters. The monoisotopic (exact) mass is 377 g/mol. The fraction of sp³-hybridized carbons (Fsp3) is 0.238. The van der Waals surface area contributed by atoms with Crippen LogP contribution in [0.25, 0.3) is 10.6 Å². The Kier molecular flexibility index (Phi) is 3.86. The highest BCUT2D eigenvalue weighted by Gasteiger charge is 2.42. The highest BCUT2D eigenvalue weighted by molar-refractivity contribution is 7.13. The summed E-state index contributed by atoms with van der Waals surface area (Å²) < 4.78 is 5.32. The second-order valence-electron chi connectivity index (χ2n) is 6.85. The number of methoxy groups -OCH3 is 1. The molecular formula is C21H19N3O2S. The Balaban J connectivity index is 1.52. The predicted molar refractivity (Wildman–Crippen MR) is 106 cm³/mol. The zero-order chi connectivity index (χ0) is 18.4. The van der Waals surface area contributed by atoms with Crippen molar-refractivity contribution in [1.29, 1.82) is 0 Å². The molecule has 0 bridgehead atoms. The molecule has 5 nitrogen and oxygen atoms in total. The standard InChI is InChI=1S/C21H19N3O2S/c1-26-15-6-4-5-13(11-15)20-23-18(12-27-20)19-22-17-8-3-2-7-16(17)21(25)24(19)14-9-10-14/h2-8,11-12,14,19,22H,9-10H2,1H3/t19-/m0/s1. The molecule has 0 spiro atoms. The van der Waals surface area contributed by atoms with E-state index in [1.165, 1.54) is 0 Å². The molecule has 1 atom stereocenters. The van der Waals surface area contributed by atoms with E-state index < -0.39 is 0 Å². The van der Waals surface area contributed by atoms with E-state index in [2.05, 4.69) is 5.32 Å². The molecule has 1 aliphatic heterocycles. The van der Waals surface area contributed by atoms with Gasteiger partial charge in [-0.2, -0.15) is 0 Å². The first kappa shape index (κ1) is 16.3. The number of amides is 1. The first-order valence-electron chi connectivity index (χ1n) is 9.02. The van der Waals surface area contributed by atoms with E-state index in [1.807, 2.05) is 58.8 Å². The summed E-state index contributed by atoms with van der Waals surface area (Å²) in [5, 5.41) is 6.50. The average Bonchev–Trinajstić information content (AvgIpc) is 3.43. The molecule has 1 fully saturated rings. The van der Waals surface area contributed by atoms with E-state index in [-0.39, 0.29) is 12.1 Å². The molecule has 136 valence electrons. The number of thiazole rings is 1. The minimum atomic E-state index is -0.226. The minimum Gasteiger partial charge on any atom is -0.497 e. The summed E-state index contributed by atoms with van der Waals surface area (Å²) in [7, 11) is 1.66. The Bertz CT molecular complexity index is 1010. The largest absolute Gasteiger partial charge is 0.497 e. The van der Waals surface area contributed by atoms with Crippen LogP contribution in [0.3, 0.4) is 0 Å². The second kappa shape index (κ2) is 6.39. The molecule has 1 aliphatic carbocycles. The van der Waals surface area contributed by atoms with Crippen LogP contribution in [0.2, 0.25) is 0 Å². The van der Waals surface area contributed by atoms with Gasteiger partial charge in [0.1, 0.15) is 16.9 Å². The number of ether oxygens (including phenoxy) is 1. The number of anilines is 1. The molecule has 1 N–H and O–H groups in total. The lowest BCUT2D eigenvalue weighted by atomic mass is 10.1. The van der Waals surface area contributed by atoms with Crippen LogP contribution >= 0.6 is 11.3 Å². The molecule has 27 heavy (non-hydrogen) atoms. The van der Waals surface area contributed by atoms with Crippen LogP contribution < -0.4 is 10.1 Å². The molecule has 1 saturated carbocycles. The van der Waals surface area contributed by atoms with Crippen molar-refractivity contribution >= 4 is 22.9 Å². The lowest BCUT2D eigenvalue weighted by Crippen LogP contribution is -2.44. The van der Waals surface area contributed by atoms with Gasteiger partial charge in [0.25, 0.3) is 5.91 Å². The third-order valence-corrected chi connectivity index (χ3v) is 5.93. The van der Waals surface area contributed by atoms with Crippen molar-refractivity contribution < 1.29 is 9.53 Å². The topological polar surface area (TPSA) is 54.5 Å². The molecular weight excluding hydrogens is 358 g/mol. The van der Waals surface area contributed by atoms with Gasteiger partial charge in [0, 0.05) is 22.7 Å². The number of benzene rings is 2. The lowest BCUT2D eigenvalue weighted by Gasteiger charge is -2.37. The zero-order valence-corrected chi connectivity index (χ0v) is 15.7. The Morgan fingerprint density at radius 3 is 2.85 bits per heavy atom. The maximum atomic E-state index is 13.1. The normalized spacial score (nSPS) is 18.8. The Hall–Kier alpha value is -2.86. The van der Waals surface area contributed by atoms with Crippen LogP contribution in [-0.4, -0.2) is 28.9 Å². The summed E-state index contributed by atoms with van der Waals surface area (Å²) in [5.74, 6) is 0.900. The predicted octanol–water partition coefficient (Wildman–Crippen LogP) is 4.55. The lowest BCUT2D eigenvalue weighted by molar-refractivity contribution is 0.0663. The van der Waals surface area contributed by atoms with E-state index in [0.29, 0.717) is 6.04 Å². The fourth-order valence-corrected chi connectivity index (χ4v) is 4.35. The fourth-order valence-electron chi connectivity index (χ4n) is 3.51. The maximum absolute atomic E-state index is 13.1. The number of para-hydroxylation sites is 1. The van der Waals surface area contributed by atoms with Crippen molar-refractivity contribution in [2.75, 3.05) is 12.4 Å². The number of carbonyl (C=O) groups excluding carboxylic acids is 1. The third kappa shape index (κ3) is 2.86. The van der Waals surface area contributed by atoms with Crippen molar-refractivity contribution in [3.8, 4) is 16.3 Å². The molecule has 2 heterocycles. The molecule has 0 radical (unpaired) electrons. The molecule has 6 heteroatoms. The summed E-state index contributed by atoms with van der Waals surface area (Å²) in [6.45, 7) is 0. The van der Waals surface area contributed by atoms with E-state index >= 15 is 0 Å². The highest BCUT2D eigenvalue weighted by atomic mass is 32.1. The van der Waals surface area contributed by atoms with Gasteiger partial charge < -0.3 is 15.0 Å². The summed E-state index contributed by atoms with van der Waals surface area (Å²) in [6.07, 6.45) is 1.88. The number of carbonyl (C=O) groups is 1. The van der Waals surface area contributed by atoms with Gasteiger partial charge in [-0.15, -0.1) is 11.3 Å². The van der Waals surface area contributed by atoms with Gasteiger partial charge in [0.05, 0.1) is 18.4 Å². The molecule has 2 aromatic carbocycles. The van der Waals surface area contributed by atoms with Crippen LogP contribution in [0.5, 0.6) is 5.75 Å². The summed E-state index contributed by atoms with van der Waals surface area (Å²) in [4.78, 5) is 19.9. The first-order valence-corrected chi connectivity index (χ1v) is 9.90. The molecule has 2 aliphatic rings. The summed E-state index contributed by atoms with van der Waals surface area (Å²) in [5.41, 5.74) is 3.52. The number of rotatable bonds is 4. The minimum absolute atomic E-state index is 0.0905. The van der Waals surface area contributed by atoms with Crippen molar-refractivity contribution in [3.63, 3.8) is 0 Å². The molecule has 1 aromatic heterocycles. The van der Waals surface area contributed by atoms with Gasteiger partial charge in [-0.1, -0.05) is 24.3 Å². The number of hydrogen-bond acceptors (Lipinski definition) is 5. The summed E-state index contributed by atoms with van der Waals surface area (Å²) in [6, 6.07) is 15.9. The van der Waals surface area contributed by atoms with Gasteiger partial charge in [0.15, 0.2) is 0 Å². The number of aromatic nitrogens is 1. The van der Waals surface area contributed by atoms with E-state index in [0.717, 1.165) is 46.1 Å². The van der Waals surface area contributed by atoms with E-state index in [4.69, 9.17) is 9.72 Å². The van der Waals surface area contributed by atoms with Crippen LogP contribution in [0.1, 0.15) is 35.1 Å². The molecule has 1 amide bonds. The summed E-state index contributed by atoms with van der Waals surface area (Å²) >= 11 is 1.59. The van der Waals surface area contributed by atoms with E-state index in [1.54, 1.807) is 18.4 Å². The van der Waals surface area contributed by atoms with Crippen LogP contribution in [0.15, 0.2) is 53.9 Å². The SMILES string of the molecule is COc1cccc(-c2nc([C@H]3Nc4ccccc4C(=O)N3C3CC3)cs2)c1. The molecule has 5 rings (SSSR count). The molecule has 3 aromatic rings. The molecule has 0 saturated heterocycles. The number of fused-ring (bicyclic) bond motifs is 1. The average molecular weight is 377 g/mol. The van der Waals surface area contributed by atoms with Gasteiger partial charge in [-0.25, -0.2) is 4.98 Å².